The van der Waals surface area contributed by atoms with Crippen molar-refractivity contribution >= 4 is 40.4 Å². The summed E-state index contributed by atoms with van der Waals surface area (Å²) in [5.74, 6) is 0.201. The summed E-state index contributed by atoms with van der Waals surface area (Å²) in [7, 11) is 4.73. The fraction of sp³-hybridized carbons (Fsp3) is 0.130. The Bertz CT molecular complexity index is 1510. The van der Waals surface area contributed by atoms with Crippen LogP contribution in [0.3, 0.4) is 0 Å². The first kappa shape index (κ1) is 21.3. The smallest absolute Gasteiger partial charge is 0.322 e. The average Bonchev–Trinajstić information content (AvgIpc) is 3.12. The van der Waals surface area contributed by atoms with E-state index in [1.54, 1.807) is 55.1 Å². The van der Waals surface area contributed by atoms with Crippen LogP contribution in [0.2, 0.25) is 5.02 Å². The highest BCUT2D eigenvalue weighted by atomic mass is 35.5. The van der Waals surface area contributed by atoms with Crippen LogP contribution >= 0.6 is 11.6 Å². The number of imidazole rings is 1. The number of hydrogen-bond donors (Lipinski definition) is 1. The summed E-state index contributed by atoms with van der Waals surface area (Å²) in [4.78, 5) is 41.7. The molecule has 0 aliphatic heterocycles. The predicted molar refractivity (Wildman–Crippen MR) is 126 cm³/mol. The maximum absolute atomic E-state index is 12.6. The Kier molecular flexibility index (Phi) is 5.54. The third kappa shape index (κ3) is 3.88. The molecule has 1 amide bonds. The van der Waals surface area contributed by atoms with E-state index in [1.165, 1.54) is 17.7 Å². The van der Waals surface area contributed by atoms with Crippen LogP contribution < -0.4 is 16.6 Å². The van der Waals surface area contributed by atoms with Crippen LogP contribution in [0, 0.1) is 0 Å². The van der Waals surface area contributed by atoms with Gasteiger partial charge in [-0.1, -0.05) is 35.9 Å². The lowest BCUT2D eigenvalue weighted by Gasteiger charge is -2.06. The standard InChI is InChI=1S/C23H20ClN5O3/c1-27-19-21(28(2)23(32)29(3)22(19)31)26-20(27)15-7-5-9-17(13-15)25-18(30)11-10-14-6-4-8-16(24)12-14/h4-13H,1-3H3,(H,25,30)/b11-10+. The van der Waals surface area contributed by atoms with Crippen LogP contribution in [0.1, 0.15) is 5.56 Å². The molecule has 4 rings (SSSR count). The number of carbonyl (C=O) groups excluding carboxylic acids is 1. The van der Waals surface area contributed by atoms with Crippen LogP contribution in [0.5, 0.6) is 0 Å². The molecule has 0 aliphatic carbocycles. The first-order valence-corrected chi connectivity index (χ1v) is 10.1. The molecular weight excluding hydrogens is 430 g/mol. The lowest BCUT2D eigenvalue weighted by Crippen LogP contribution is -2.37. The van der Waals surface area contributed by atoms with Gasteiger partial charge in [0.2, 0.25) is 5.91 Å². The highest BCUT2D eigenvalue weighted by molar-refractivity contribution is 6.30. The Labute approximate surface area is 188 Å². The minimum Gasteiger partial charge on any atom is -0.322 e. The number of anilines is 1. The molecule has 8 nitrogen and oxygen atoms in total. The van der Waals surface area contributed by atoms with Crippen molar-refractivity contribution in [1.82, 2.24) is 18.7 Å². The molecule has 0 atom stereocenters. The highest BCUT2D eigenvalue weighted by Gasteiger charge is 2.18. The third-order valence-corrected chi connectivity index (χ3v) is 5.37. The summed E-state index contributed by atoms with van der Waals surface area (Å²) >= 11 is 5.96. The molecule has 0 aliphatic rings. The van der Waals surface area contributed by atoms with Crippen molar-refractivity contribution in [2.24, 2.45) is 21.1 Å². The first-order chi connectivity index (χ1) is 15.3. The van der Waals surface area contributed by atoms with Gasteiger partial charge in [0.25, 0.3) is 5.56 Å². The summed E-state index contributed by atoms with van der Waals surface area (Å²) in [6.45, 7) is 0. The van der Waals surface area contributed by atoms with E-state index in [2.05, 4.69) is 10.3 Å². The number of fused-ring (bicyclic) bond motifs is 1. The van der Waals surface area contributed by atoms with Gasteiger partial charge in [0.15, 0.2) is 11.2 Å². The number of carbonyl (C=O) groups is 1. The largest absolute Gasteiger partial charge is 0.332 e. The molecule has 0 unspecified atom stereocenters. The van der Waals surface area contributed by atoms with Crippen LogP contribution in [-0.2, 0) is 25.9 Å². The maximum Gasteiger partial charge on any atom is 0.332 e. The minimum atomic E-state index is -0.445. The molecule has 2 aromatic carbocycles. The molecule has 0 spiro atoms. The zero-order valence-corrected chi connectivity index (χ0v) is 18.4. The second kappa shape index (κ2) is 8.32. The molecule has 9 heteroatoms. The highest BCUT2D eigenvalue weighted by Crippen LogP contribution is 2.24. The van der Waals surface area contributed by atoms with Gasteiger partial charge >= 0.3 is 5.69 Å². The van der Waals surface area contributed by atoms with E-state index in [9.17, 15) is 14.4 Å². The molecule has 0 radical (unpaired) electrons. The Morgan fingerprint density at radius 2 is 1.75 bits per heavy atom. The molecule has 0 saturated heterocycles. The van der Waals surface area contributed by atoms with Gasteiger partial charge < -0.3 is 9.88 Å². The van der Waals surface area contributed by atoms with E-state index in [-0.39, 0.29) is 5.91 Å². The van der Waals surface area contributed by atoms with E-state index in [1.807, 2.05) is 18.2 Å². The second-order valence-electron chi connectivity index (χ2n) is 7.33. The summed E-state index contributed by atoms with van der Waals surface area (Å²) in [5.41, 5.74) is 1.83. The fourth-order valence-corrected chi connectivity index (χ4v) is 3.68. The molecule has 4 aromatic rings. The monoisotopic (exact) mass is 449 g/mol. The molecule has 0 fully saturated rings. The van der Waals surface area contributed by atoms with Crippen molar-refractivity contribution in [2.45, 2.75) is 0 Å². The minimum absolute atomic E-state index is 0.300. The molecule has 32 heavy (non-hydrogen) atoms. The zero-order valence-electron chi connectivity index (χ0n) is 17.7. The first-order valence-electron chi connectivity index (χ1n) is 9.74. The number of aryl methyl sites for hydroxylation is 2. The van der Waals surface area contributed by atoms with Crippen molar-refractivity contribution in [3.8, 4) is 11.4 Å². The predicted octanol–water partition coefficient (Wildman–Crippen LogP) is 2.94. The Hall–Kier alpha value is -3.91. The van der Waals surface area contributed by atoms with Gasteiger partial charge in [0.05, 0.1) is 0 Å². The summed E-state index contributed by atoms with van der Waals surface area (Å²) < 4.78 is 4.04. The molecule has 1 N–H and O–H groups in total. The van der Waals surface area contributed by atoms with Crippen LogP contribution in [0.25, 0.3) is 28.6 Å². The molecule has 2 heterocycles. The van der Waals surface area contributed by atoms with E-state index < -0.39 is 11.2 Å². The quantitative estimate of drug-likeness (QED) is 0.485. The third-order valence-electron chi connectivity index (χ3n) is 5.14. The Morgan fingerprint density at radius 3 is 2.50 bits per heavy atom. The maximum atomic E-state index is 12.6. The second-order valence-corrected chi connectivity index (χ2v) is 7.77. The van der Waals surface area contributed by atoms with Crippen molar-refractivity contribution in [2.75, 3.05) is 5.32 Å². The number of aromatic nitrogens is 4. The van der Waals surface area contributed by atoms with Gasteiger partial charge in [-0.3, -0.25) is 18.7 Å². The summed E-state index contributed by atoms with van der Waals surface area (Å²) in [6.07, 6.45) is 3.10. The van der Waals surface area contributed by atoms with Crippen LogP contribution in [0.4, 0.5) is 5.69 Å². The van der Waals surface area contributed by atoms with Gasteiger partial charge in [-0.2, -0.15) is 0 Å². The number of nitrogens with zero attached hydrogens (tertiary/aromatic N) is 4. The van der Waals surface area contributed by atoms with E-state index >= 15 is 0 Å². The molecular formula is C23H20ClN5O3. The topological polar surface area (TPSA) is 90.9 Å². The number of benzene rings is 2. The molecule has 2 aromatic heterocycles. The summed E-state index contributed by atoms with van der Waals surface area (Å²) in [5, 5.41) is 3.41. The van der Waals surface area contributed by atoms with Crippen molar-refractivity contribution in [1.29, 1.82) is 0 Å². The molecule has 0 bridgehead atoms. The Morgan fingerprint density at radius 1 is 1.00 bits per heavy atom. The average molecular weight is 450 g/mol. The number of halogens is 1. The van der Waals surface area contributed by atoms with Crippen molar-refractivity contribution < 1.29 is 4.79 Å². The number of nitrogens with one attached hydrogen (secondary N) is 1. The Balaban J connectivity index is 1.66. The van der Waals surface area contributed by atoms with Gasteiger partial charge in [0.1, 0.15) is 5.82 Å². The fourth-order valence-electron chi connectivity index (χ4n) is 3.48. The lowest BCUT2D eigenvalue weighted by molar-refractivity contribution is -0.111. The number of rotatable bonds is 4. The van der Waals surface area contributed by atoms with Crippen molar-refractivity contribution in [3.05, 3.63) is 86.0 Å². The van der Waals surface area contributed by atoms with Gasteiger partial charge in [-0.25, -0.2) is 9.78 Å². The van der Waals surface area contributed by atoms with Gasteiger partial charge in [0, 0.05) is 43.5 Å². The van der Waals surface area contributed by atoms with E-state index in [4.69, 9.17) is 11.6 Å². The van der Waals surface area contributed by atoms with Crippen molar-refractivity contribution in [3.63, 3.8) is 0 Å². The van der Waals surface area contributed by atoms with E-state index in [0.29, 0.717) is 33.3 Å². The van der Waals surface area contributed by atoms with Gasteiger partial charge in [-0.05, 0) is 35.9 Å². The van der Waals surface area contributed by atoms with Gasteiger partial charge in [-0.15, -0.1) is 0 Å². The molecule has 162 valence electrons. The van der Waals surface area contributed by atoms with E-state index in [0.717, 1.165) is 10.1 Å². The van der Waals surface area contributed by atoms with Crippen LogP contribution in [-0.4, -0.2) is 24.6 Å². The molecule has 0 saturated carbocycles. The number of hydrogen-bond acceptors (Lipinski definition) is 4. The summed E-state index contributed by atoms with van der Waals surface area (Å²) in [6, 6.07) is 14.3. The lowest BCUT2D eigenvalue weighted by atomic mass is 10.2. The SMILES string of the molecule is Cn1c(=O)c2c(nc(-c3cccc(NC(=O)/C=C/c4cccc(Cl)c4)c3)n2C)n(C)c1=O. The normalized spacial score (nSPS) is 11.4. The zero-order chi connectivity index (χ0) is 23.0. The van der Waals surface area contributed by atoms with Crippen LogP contribution in [0.15, 0.2) is 64.2 Å². The number of amides is 1.